The molecule has 0 aliphatic rings. The molecule has 1 radical (unpaired) electrons. The van der Waals surface area contributed by atoms with E-state index in [2.05, 4.69) is 52.8 Å². The third kappa shape index (κ3) is 4.93. The van der Waals surface area contributed by atoms with Gasteiger partial charge in [0.1, 0.15) is 0 Å². The number of hydrogen-bond donors (Lipinski definition) is 0. The first-order valence-electron chi connectivity index (χ1n) is 6.96. The zero-order valence-electron chi connectivity index (χ0n) is 12.1. The molecule has 0 unspecified atom stereocenters. The summed E-state index contributed by atoms with van der Waals surface area (Å²) in [6.07, 6.45) is 4.99. The molecule has 0 aliphatic carbocycles. The highest BCUT2D eigenvalue weighted by molar-refractivity contribution is 5.37. The Balaban J connectivity index is 2.92. The van der Waals surface area contributed by atoms with Crippen LogP contribution >= 0.6 is 0 Å². The van der Waals surface area contributed by atoms with Crippen molar-refractivity contribution >= 4 is 0 Å². The maximum atomic E-state index is 2.40. The van der Waals surface area contributed by atoms with Crippen LogP contribution in [0.15, 0.2) is 18.2 Å². The Morgan fingerprint density at radius 3 is 2.24 bits per heavy atom. The summed E-state index contributed by atoms with van der Waals surface area (Å²) in [6, 6.07) is 7.14. The van der Waals surface area contributed by atoms with E-state index < -0.39 is 0 Å². The maximum Gasteiger partial charge on any atom is -0.00118 e. The van der Waals surface area contributed by atoms with E-state index in [0.29, 0.717) is 0 Å². The van der Waals surface area contributed by atoms with E-state index in [1.807, 2.05) is 0 Å². The second-order valence-electron chi connectivity index (χ2n) is 5.74. The Morgan fingerprint density at radius 1 is 1.06 bits per heavy atom. The quantitative estimate of drug-likeness (QED) is 0.632. The third-order valence-electron chi connectivity index (χ3n) is 3.09. The van der Waals surface area contributed by atoms with Crippen LogP contribution in [0, 0.1) is 11.8 Å². The fraction of sp³-hybridized carbons (Fsp3) is 0.588. The lowest BCUT2D eigenvalue weighted by molar-refractivity contribution is 0.646. The van der Waals surface area contributed by atoms with Crippen molar-refractivity contribution in [2.24, 2.45) is 5.92 Å². The second-order valence-corrected chi connectivity index (χ2v) is 5.74. The second kappa shape index (κ2) is 6.83. The first-order chi connectivity index (χ1) is 8.02. The number of rotatable bonds is 6. The molecule has 1 aromatic rings. The summed E-state index contributed by atoms with van der Waals surface area (Å²) >= 11 is 0. The van der Waals surface area contributed by atoms with Crippen LogP contribution in [0.2, 0.25) is 0 Å². The molecule has 0 N–H and O–H groups in total. The van der Waals surface area contributed by atoms with Gasteiger partial charge in [-0.3, -0.25) is 0 Å². The van der Waals surface area contributed by atoms with E-state index in [1.54, 1.807) is 0 Å². The van der Waals surface area contributed by atoms with Crippen molar-refractivity contribution < 1.29 is 0 Å². The summed E-state index contributed by atoms with van der Waals surface area (Å²) in [5.41, 5.74) is 4.44. The molecular weight excluding hydrogens is 204 g/mol. The van der Waals surface area contributed by atoms with Gasteiger partial charge in [0.05, 0.1) is 0 Å². The van der Waals surface area contributed by atoms with E-state index in [-0.39, 0.29) is 0 Å². The number of aryl methyl sites for hydroxylation is 1. The van der Waals surface area contributed by atoms with Gasteiger partial charge in [0.15, 0.2) is 0 Å². The molecule has 95 valence electrons. The molecule has 0 amide bonds. The van der Waals surface area contributed by atoms with Crippen LogP contribution in [-0.4, -0.2) is 0 Å². The lowest BCUT2D eigenvalue weighted by Crippen LogP contribution is -1.99. The predicted octanol–water partition coefficient (Wildman–Crippen LogP) is 5.19. The number of hydrogen-bond acceptors (Lipinski definition) is 0. The predicted molar refractivity (Wildman–Crippen MR) is 77.3 cm³/mol. The molecule has 0 atom stereocenters. The van der Waals surface area contributed by atoms with Gasteiger partial charge in [0.2, 0.25) is 0 Å². The Labute approximate surface area is 107 Å². The van der Waals surface area contributed by atoms with Crippen LogP contribution in [0.25, 0.3) is 0 Å². The highest BCUT2D eigenvalue weighted by atomic mass is 14.1. The normalized spacial score (nSPS) is 11.5. The minimum Gasteiger partial charge on any atom is -0.0654 e. The highest BCUT2D eigenvalue weighted by Crippen LogP contribution is 2.21. The summed E-state index contributed by atoms with van der Waals surface area (Å²) < 4.78 is 0. The summed E-state index contributed by atoms with van der Waals surface area (Å²) in [6.45, 7) is 11.3. The molecule has 1 rings (SSSR count). The van der Waals surface area contributed by atoms with Gasteiger partial charge < -0.3 is 0 Å². The zero-order chi connectivity index (χ0) is 12.8. The molecule has 1 aromatic carbocycles. The third-order valence-corrected chi connectivity index (χ3v) is 3.09. The molecule has 0 aliphatic heterocycles. The summed E-state index contributed by atoms with van der Waals surface area (Å²) in [5, 5.41) is 0. The minimum atomic E-state index is 0.737. The molecule has 0 saturated heterocycles. The van der Waals surface area contributed by atoms with E-state index in [0.717, 1.165) is 5.92 Å². The molecule has 0 spiro atoms. The monoisotopic (exact) mass is 231 g/mol. The molecule has 17 heavy (non-hydrogen) atoms. The first-order valence-corrected chi connectivity index (χ1v) is 6.96. The van der Waals surface area contributed by atoms with Crippen molar-refractivity contribution in [2.75, 3.05) is 0 Å². The molecule has 0 fully saturated rings. The fourth-order valence-corrected chi connectivity index (χ4v) is 2.17. The first kappa shape index (κ1) is 14.3. The van der Waals surface area contributed by atoms with Gasteiger partial charge in [-0.1, -0.05) is 59.2 Å². The highest BCUT2D eigenvalue weighted by Gasteiger charge is 2.06. The Bertz CT molecular complexity index is 334. The topological polar surface area (TPSA) is 0 Å². The van der Waals surface area contributed by atoms with Crippen molar-refractivity contribution in [1.29, 1.82) is 0 Å². The summed E-state index contributed by atoms with van der Waals surface area (Å²) in [7, 11) is 0. The molecule has 0 aromatic heterocycles. The van der Waals surface area contributed by atoms with Crippen LogP contribution in [0.5, 0.6) is 0 Å². The van der Waals surface area contributed by atoms with Crippen LogP contribution in [0.1, 0.15) is 64.2 Å². The summed E-state index contributed by atoms with van der Waals surface area (Å²) in [5.74, 6) is 2.16. The van der Waals surface area contributed by atoms with Gasteiger partial charge in [-0.2, -0.15) is 0 Å². The molecule has 0 saturated carbocycles. The largest absolute Gasteiger partial charge is 0.0654 e. The zero-order valence-corrected chi connectivity index (χ0v) is 12.1. The Kier molecular flexibility index (Phi) is 5.74. The van der Waals surface area contributed by atoms with E-state index in [9.17, 15) is 0 Å². The van der Waals surface area contributed by atoms with Crippen LogP contribution in [0.3, 0.4) is 0 Å². The van der Waals surface area contributed by atoms with Gasteiger partial charge in [0.25, 0.3) is 0 Å². The summed E-state index contributed by atoms with van der Waals surface area (Å²) in [4.78, 5) is 0. The SMILES string of the molecule is CCCCc1cc(CC(C)C)cc([C](C)C)c1. The average Bonchev–Trinajstić information content (AvgIpc) is 2.25. The Morgan fingerprint density at radius 2 is 1.71 bits per heavy atom. The lowest BCUT2D eigenvalue weighted by Gasteiger charge is -2.13. The van der Waals surface area contributed by atoms with E-state index in [4.69, 9.17) is 0 Å². The van der Waals surface area contributed by atoms with Crippen molar-refractivity contribution in [3.05, 3.63) is 40.8 Å². The van der Waals surface area contributed by atoms with E-state index in [1.165, 1.54) is 48.3 Å². The molecule has 0 nitrogen and oxygen atoms in total. The van der Waals surface area contributed by atoms with Gasteiger partial charge >= 0.3 is 0 Å². The van der Waals surface area contributed by atoms with Crippen LogP contribution < -0.4 is 0 Å². The van der Waals surface area contributed by atoms with Crippen molar-refractivity contribution in [3.8, 4) is 0 Å². The average molecular weight is 231 g/mol. The van der Waals surface area contributed by atoms with Gasteiger partial charge in [0, 0.05) is 0 Å². The number of unbranched alkanes of at least 4 members (excludes halogenated alkanes) is 1. The smallest absolute Gasteiger partial charge is 0.00118 e. The van der Waals surface area contributed by atoms with Gasteiger partial charge in [-0.05, 0) is 47.8 Å². The van der Waals surface area contributed by atoms with Crippen LogP contribution in [0.4, 0.5) is 0 Å². The standard InChI is InChI=1S/C17H27/c1-6-7-8-15-10-16(9-13(2)3)12-17(11-15)14(4)5/h10-13H,6-9H2,1-5H3. The maximum absolute atomic E-state index is 2.40. The number of benzene rings is 1. The van der Waals surface area contributed by atoms with Crippen molar-refractivity contribution in [2.45, 2.75) is 60.3 Å². The van der Waals surface area contributed by atoms with Crippen LogP contribution in [-0.2, 0) is 12.8 Å². The molecule has 0 heterocycles. The fourth-order valence-electron chi connectivity index (χ4n) is 2.17. The minimum absolute atomic E-state index is 0.737. The molecular formula is C17H27. The van der Waals surface area contributed by atoms with Gasteiger partial charge in [-0.25, -0.2) is 0 Å². The lowest BCUT2D eigenvalue weighted by atomic mass is 9.92. The molecule has 0 heteroatoms. The van der Waals surface area contributed by atoms with Crippen molar-refractivity contribution in [3.63, 3.8) is 0 Å². The Hall–Kier alpha value is -0.780. The van der Waals surface area contributed by atoms with Crippen molar-refractivity contribution in [1.82, 2.24) is 0 Å². The molecule has 0 bridgehead atoms. The van der Waals surface area contributed by atoms with E-state index >= 15 is 0 Å². The van der Waals surface area contributed by atoms with Gasteiger partial charge in [-0.15, -0.1) is 0 Å².